The van der Waals surface area contributed by atoms with Crippen LogP contribution >= 0.6 is 0 Å². The molecule has 94 valence electrons. The van der Waals surface area contributed by atoms with E-state index in [1.165, 1.54) is 12.8 Å². The number of ether oxygens (including phenoxy) is 1. The third-order valence-electron chi connectivity index (χ3n) is 5.92. The number of hydrogen-bond donors (Lipinski definition) is 0. The van der Waals surface area contributed by atoms with E-state index in [9.17, 15) is 0 Å². The molecule has 2 aliphatic rings. The van der Waals surface area contributed by atoms with Crippen LogP contribution in [-0.4, -0.2) is 12.2 Å². The Hall–Kier alpha value is -0.740. The van der Waals surface area contributed by atoms with E-state index in [2.05, 4.69) is 33.3 Å². The Kier molecular flexibility index (Phi) is 2.91. The first kappa shape index (κ1) is 12.7. The number of fused-ring (bicyclic) bond motifs is 2. The van der Waals surface area contributed by atoms with E-state index >= 15 is 0 Å². The van der Waals surface area contributed by atoms with Crippen LogP contribution in [0.25, 0.3) is 0 Å². The SMILES string of the molecule is C#CCO[C@]1(CC=C)C[C@H]2CC[C@]1(C)C2(C)C. The molecule has 1 nitrogen and oxygen atoms in total. The van der Waals surface area contributed by atoms with Gasteiger partial charge in [0.2, 0.25) is 0 Å². The van der Waals surface area contributed by atoms with Crippen LogP contribution in [0, 0.1) is 29.1 Å². The Morgan fingerprint density at radius 2 is 2.18 bits per heavy atom. The van der Waals surface area contributed by atoms with E-state index in [1.54, 1.807) is 0 Å². The predicted octanol–water partition coefficient (Wildman–Crippen LogP) is 3.80. The zero-order valence-electron chi connectivity index (χ0n) is 11.4. The summed E-state index contributed by atoms with van der Waals surface area (Å²) in [6, 6.07) is 0. The molecule has 3 atom stereocenters. The summed E-state index contributed by atoms with van der Waals surface area (Å²) in [6.07, 6.45) is 12.0. The third-order valence-corrected chi connectivity index (χ3v) is 5.92. The first-order chi connectivity index (χ1) is 7.93. The van der Waals surface area contributed by atoms with Gasteiger partial charge in [-0.3, -0.25) is 0 Å². The zero-order valence-corrected chi connectivity index (χ0v) is 11.4. The molecule has 0 aromatic carbocycles. The van der Waals surface area contributed by atoms with Gasteiger partial charge in [-0.2, -0.15) is 0 Å². The molecule has 1 heteroatoms. The average molecular weight is 232 g/mol. The maximum atomic E-state index is 6.15. The molecule has 2 saturated carbocycles. The molecule has 0 unspecified atom stereocenters. The summed E-state index contributed by atoms with van der Waals surface area (Å²) in [5, 5.41) is 0. The van der Waals surface area contributed by atoms with Crippen LogP contribution in [-0.2, 0) is 4.74 Å². The first-order valence-corrected chi connectivity index (χ1v) is 6.62. The lowest BCUT2D eigenvalue weighted by Crippen LogP contribution is -2.49. The standard InChI is InChI=1S/C16H24O/c1-6-9-16(17-11-7-2)12-13-8-10-15(16,5)14(13,3)4/h2,6,13H,1,8-12H2,3-5H3/t13-,15-,16-/m1/s1. The summed E-state index contributed by atoms with van der Waals surface area (Å²) in [7, 11) is 0. The molecular formula is C16H24O. The second-order valence-electron chi connectivity index (χ2n) is 6.47. The van der Waals surface area contributed by atoms with E-state index in [1.807, 2.05) is 6.08 Å². The van der Waals surface area contributed by atoms with Crippen molar-refractivity contribution in [1.29, 1.82) is 0 Å². The van der Waals surface area contributed by atoms with Gasteiger partial charge < -0.3 is 4.74 Å². The molecule has 2 aliphatic carbocycles. The van der Waals surface area contributed by atoms with Crippen molar-refractivity contribution >= 4 is 0 Å². The van der Waals surface area contributed by atoms with Gasteiger partial charge in [-0.1, -0.05) is 32.8 Å². The molecule has 0 radical (unpaired) electrons. The molecule has 2 fully saturated rings. The van der Waals surface area contributed by atoms with Gasteiger partial charge in [-0.15, -0.1) is 13.0 Å². The van der Waals surface area contributed by atoms with Crippen molar-refractivity contribution < 1.29 is 4.74 Å². The predicted molar refractivity (Wildman–Crippen MR) is 71.6 cm³/mol. The van der Waals surface area contributed by atoms with Crippen molar-refractivity contribution in [2.24, 2.45) is 16.7 Å². The fraction of sp³-hybridized carbons (Fsp3) is 0.750. The highest BCUT2D eigenvalue weighted by molar-refractivity contribution is 5.20. The molecule has 17 heavy (non-hydrogen) atoms. The minimum absolute atomic E-state index is 0.0759. The monoisotopic (exact) mass is 232 g/mol. The minimum atomic E-state index is -0.0759. The topological polar surface area (TPSA) is 9.23 Å². The summed E-state index contributed by atoms with van der Waals surface area (Å²) >= 11 is 0. The zero-order chi connectivity index (χ0) is 12.7. The largest absolute Gasteiger partial charge is 0.361 e. The normalized spacial score (nSPS) is 42.4. The van der Waals surface area contributed by atoms with Crippen molar-refractivity contribution in [3.63, 3.8) is 0 Å². The van der Waals surface area contributed by atoms with Gasteiger partial charge in [0.05, 0.1) is 5.60 Å². The Morgan fingerprint density at radius 1 is 1.47 bits per heavy atom. The summed E-state index contributed by atoms with van der Waals surface area (Å²) in [4.78, 5) is 0. The fourth-order valence-electron chi connectivity index (χ4n) is 4.39. The second kappa shape index (κ2) is 3.89. The lowest BCUT2D eigenvalue weighted by Gasteiger charge is -2.48. The van der Waals surface area contributed by atoms with Gasteiger partial charge in [0.25, 0.3) is 0 Å². The van der Waals surface area contributed by atoms with Crippen LogP contribution in [0.1, 0.15) is 46.5 Å². The molecule has 0 aromatic heterocycles. The van der Waals surface area contributed by atoms with Crippen molar-refractivity contribution in [2.75, 3.05) is 6.61 Å². The van der Waals surface area contributed by atoms with Gasteiger partial charge in [0.15, 0.2) is 0 Å². The van der Waals surface area contributed by atoms with Crippen molar-refractivity contribution in [3.8, 4) is 12.3 Å². The number of terminal acetylenes is 1. The Balaban J connectivity index is 2.36. The van der Waals surface area contributed by atoms with Crippen LogP contribution in [0.2, 0.25) is 0 Å². The first-order valence-electron chi connectivity index (χ1n) is 6.62. The molecule has 0 amide bonds. The molecule has 0 heterocycles. The Morgan fingerprint density at radius 3 is 2.59 bits per heavy atom. The van der Waals surface area contributed by atoms with E-state index in [-0.39, 0.29) is 11.0 Å². The van der Waals surface area contributed by atoms with Crippen LogP contribution in [0.3, 0.4) is 0 Å². The van der Waals surface area contributed by atoms with Crippen molar-refractivity contribution in [3.05, 3.63) is 12.7 Å². The van der Waals surface area contributed by atoms with Gasteiger partial charge in [-0.25, -0.2) is 0 Å². The smallest absolute Gasteiger partial charge is 0.108 e. The molecule has 2 bridgehead atoms. The van der Waals surface area contributed by atoms with Crippen LogP contribution in [0.4, 0.5) is 0 Å². The quantitative estimate of drug-likeness (QED) is 0.529. The maximum Gasteiger partial charge on any atom is 0.108 e. The molecular weight excluding hydrogens is 208 g/mol. The highest BCUT2D eigenvalue weighted by Gasteiger charge is 2.68. The minimum Gasteiger partial charge on any atom is -0.361 e. The summed E-state index contributed by atoms with van der Waals surface area (Å²) in [5.74, 6) is 3.39. The van der Waals surface area contributed by atoms with Gasteiger partial charge in [-0.05, 0) is 37.0 Å². The summed E-state index contributed by atoms with van der Waals surface area (Å²) in [6.45, 7) is 11.5. The van der Waals surface area contributed by atoms with Gasteiger partial charge in [0, 0.05) is 5.41 Å². The molecule has 0 aliphatic heterocycles. The Labute approximate surface area is 106 Å². The third kappa shape index (κ3) is 1.43. The molecule has 0 saturated heterocycles. The van der Waals surface area contributed by atoms with E-state index < -0.39 is 0 Å². The van der Waals surface area contributed by atoms with Crippen LogP contribution in [0.15, 0.2) is 12.7 Å². The second-order valence-corrected chi connectivity index (χ2v) is 6.47. The van der Waals surface area contributed by atoms with Crippen LogP contribution < -0.4 is 0 Å². The molecule has 0 spiro atoms. The van der Waals surface area contributed by atoms with Gasteiger partial charge in [0.1, 0.15) is 6.61 Å². The van der Waals surface area contributed by atoms with E-state index in [4.69, 9.17) is 11.2 Å². The molecule has 2 rings (SSSR count). The maximum absolute atomic E-state index is 6.15. The molecule has 0 aromatic rings. The van der Waals surface area contributed by atoms with Crippen molar-refractivity contribution in [1.82, 2.24) is 0 Å². The van der Waals surface area contributed by atoms with Crippen molar-refractivity contribution in [2.45, 2.75) is 52.1 Å². The summed E-state index contributed by atoms with van der Waals surface area (Å²) in [5.41, 5.74) is 0.508. The average Bonchev–Trinajstić information content (AvgIpc) is 2.59. The lowest BCUT2D eigenvalue weighted by atomic mass is 9.63. The summed E-state index contributed by atoms with van der Waals surface area (Å²) < 4.78 is 6.15. The fourth-order valence-corrected chi connectivity index (χ4v) is 4.39. The van der Waals surface area contributed by atoms with Gasteiger partial charge >= 0.3 is 0 Å². The number of hydrogen-bond acceptors (Lipinski definition) is 1. The van der Waals surface area contributed by atoms with E-state index in [0.29, 0.717) is 12.0 Å². The van der Waals surface area contributed by atoms with Crippen LogP contribution in [0.5, 0.6) is 0 Å². The molecule has 0 N–H and O–H groups in total. The highest BCUT2D eigenvalue weighted by atomic mass is 16.5. The highest BCUT2D eigenvalue weighted by Crippen LogP contribution is 2.71. The Bertz CT molecular complexity index is 362. The van der Waals surface area contributed by atoms with E-state index in [0.717, 1.165) is 18.8 Å². The number of rotatable bonds is 4. The lowest BCUT2D eigenvalue weighted by molar-refractivity contribution is -0.126.